The maximum atomic E-state index is 12.4. The summed E-state index contributed by atoms with van der Waals surface area (Å²) < 4.78 is 0. The molecule has 0 bridgehead atoms. The molecular weight excluding hydrogens is 272 g/mol. The lowest BCUT2D eigenvalue weighted by Gasteiger charge is -2.24. The summed E-state index contributed by atoms with van der Waals surface area (Å²) in [5.41, 5.74) is 1.37. The number of halogens is 1. The molecule has 20 heavy (non-hydrogen) atoms. The van der Waals surface area contributed by atoms with Gasteiger partial charge in [-0.1, -0.05) is 23.7 Å². The van der Waals surface area contributed by atoms with Crippen molar-refractivity contribution in [3.05, 3.63) is 64.9 Å². The summed E-state index contributed by atoms with van der Waals surface area (Å²) in [5, 5.41) is 3.62. The summed E-state index contributed by atoms with van der Waals surface area (Å²) in [5.74, 6) is -0.0170. The average molecular weight is 289 g/mol. The molecule has 2 aromatic rings. The molecule has 0 aliphatic carbocycles. The second-order valence-electron chi connectivity index (χ2n) is 5.17. The number of hydrogen-bond donors (Lipinski definition) is 1. The molecule has 4 heteroatoms. The van der Waals surface area contributed by atoms with Crippen molar-refractivity contribution < 1.29 is 4.79 Å². The first kappa shape index (κ1) is 14.5. The van der Waals surface area contributed by atoms with Crippen LogP contribution in [0.15, 0.2) is 48.8 Å². The number of amides is 1. The molecule has 104 valence electrons. The molecule has 0 aliphatic rings. The van der Waals surface area contributed by atoms with Crippen LogP contribution < -0.4 is 5.32 Å². The lowest BCUT2D eigenvalue weighted by atomic mass is 9.83. The fraction of sp³-hybridized carbons (Fsp3) is 0.250. The largest absolute Gasteiger partial charge is 0.351 e. The molecule has 0 saturated heterocycles. The fourth-order valence-electron chi connectivity index (χ4n) is 1.90. The van der Waals surface area contributed by atoms with Crippen molar-refractivity contribution in [2.75, 3.05) is 0 Å². The van der Waals surface area contributed by atoms with E-state index < -0.39 is 5.41 Å². The summed E-state index contributed by atoms with van der Waals surface area (Å²) in [7, 11) is 0. The van der Waals surface area contributed by atoms with Gasteiger partial charge in [-0.05, 0) is 49.2 Å². The molecule has 1 amide bonds. The number of pyridine rings is 1. The van der Waals surface area contributed by atoms with Gasteiger partial charge in [0.25, 0.3) is 0 Å². The molecule has 2 rings (SSSR count). The maximum absolute atomic E-state index is 12.4. The van der Waals surface area contributed by atoms with Gasteiger partial charge in [0.1, 0.15) is 0 Å². The van der Waals surface area contributed by atoms with E-state index in [1.165, 1.54) is 0 Å². The zero-order chi connectivity index (χ0) is 14.6. The van der Waals surface area contributed by atoms with E-state index in [2.05, 4.69) is 10.3 Å². The molecule has 1 N–H and O–H groups in total. The molecular formula is C16H17ClN2O. The number of aromatic nitrogens is 1. The fourth-order valence-corrected chi connectivity index (χ4v) is 2.03. The molecule has 0 radical (unpaired) electrons. The van der Waals surface area contributed by atoms with Gasteiger partial charge in [-0.3, -0.25) is 9.78 Å². The topological polar surface area (TPSA) is 42.0 Å². The van der Waals surface area contributed by atoms with Crippen LogP contribution in [0.3, 0.4) is 0 Å². The van der Waals surface area contributed by atoms with Crippen LogP contribution in [0.5, 0.6) is 0 Å². The van der Waals surface area contributed by atoms with E-state index in [0.717, 1.165) is 11.1 Å². The van der Waals surface area contributed by atoms with Crippen LogP contribution >= 0.6 is 11.6 Å². The highest BCUT2D eigenvalue weighted by molar-refractivity contribution is 6.30. The molecule has 1 heterocycles. The zero-order valence-corrected chi connectivity index (χ0v) is 12.3. The second-order valence-corrected chi connectivity index (χ2v) is 5.61. The Kier molecular flexibility index (Phi) is 4.40. The summed E-state index contributed by atoms with van der Waals surface area (Å²) in [6, 6.07) is 11.1. The van der Waals surface area contributed by atoms with Crippen LogP contribution in [-0.4, -0.2) is 10.9 Å². The van der Waals surface area contributed by atoms with Gasteiger partial charge in [-0.2, -0.15) is 0 Å². The van der Waals surface area contributed by atoms with Crippen molar-refractivity contribution >= 4 is 17.5 Å². The van der Waals surface area contributed by atoms with E-state index in [1.807, 2.05) is 38.1 Å². The Morgan fingerprint density at radius 3 is 2.35 bits per heavy atom. The Morgan fingerprint density at radius 2 is 1.75 bits per heavy atom. The highest BCUT2D eigenvalue weighted by atomic mass is 35.5. The number of nitrogens with one attached hydrogen (secondary N) is 1. The van der Waals surface area contributed by atoms with Gasteiger partial charge >= 0.3 is 0 Å². The van der Waals surface area contributed by atoms with Gasteiger partial charge in [-0.25, -0.2) is 0 Å². The number of nitrogens with zero attached hydrogens (tertiary/aromatic N) is 1. The third-order valence-corrected chi connectivity index (χ3v) is 3.59. The SMILES string of the molecule is CC(C)(C(=O)NCc1ccncc1)c1ccc(Cl)cc1. The summed E-state index contributed by atoms with van der Waals surface area (Å²) in [6.45, 7) is 4.30. The summed E-state index contributed by atoms with van der Waals surface area (Å²) in [6.07, 6.45) is 3.43. The van der Waals surface area contributed by atoms with E-state index in [1.54, 1.807) is 24.5 Å². The number of hydrogen-bond acceptors (Lipinski definition) is 2. The van der Waals surface area contributed by atoms with Crippen molar-refractivity contribution in [1.29, 1.82) is 0 Å². The van der Waals surface area contributed by atoms with Gasteiger partial charge in [-0.15, -0.1) is 0 Å². The lowest BCUT2D eigenvalue weighted by Crippen LogP contribution is -2.39. The number of benzene rings is 1. The molecule has 0 fully saturated rings. The van der Waals surface area contributed by atoms with E-state index >= 15 is 0 Å². The van der Waals surface area contributed by atoms with Gasteiger partial charge in [0.05, 0.1) is 5.41 Å². The highest BCUT2D eigenvalue weighted by Crippen LogP contribution is 2.24. The minimum absolute atomic E-state index is 0.0170. The van der Waals surface area contributed by atoms with Crippen molar-refractivity contribution in [2.24, 2.45) is 0 Å². The van der Waals surface area contributed by atoms with Crippen LogP contribution in [0.2, 0.25) is 5.02 Å². The normalized spacial score (nSPS) is 11.2. The Bertz CT molecular complexity index is 579. The Morgan fingerprint density at radius 1 is 1.15 bits per heavy atom. The third-order valence-electron chi connectivity index (χ3n) is 3.34. The van der Waals surface area contributed by atoms with Crippen molar-refractivity contribution in [2.45, 2.75) is 25.8 Å². The van der Waals surface area contributed by atoms with E-state index in [9.17, 15) is 4.79 Å². The molecule has 0 unspecified atom stereocenters. The number of carbonyl (C=O) groups excluding carboxylic acids is 1. The van der Waals surface area contributed by atoms with Crippen LogP contribution in [0, 0.1) is 0 Å². The van der Waals surface area contributed by atoms with E-state index in [-0.39, 0.29) is 5.91 Å². The first-order chi connectivity index (χ1) is 9.50. The van der Waals surface area contributed by atoms with Crippen molar-refractivity contribution in [3.8, 4) is 0 Å². The van der Waals surface area contributed by atoms with Crippen LogP contribution in [0.1, 0.15) is 25.0 Å². The molecule has 0 atom stereocenters. The Balaban J connectivity index is 2.05. The van der Waals surface area contributed by atoms with Crippen LogP contribution in [-0.2, 0) is 16.8 Å². The molecule has 3 nitrogen and oxygen atoms in total. The smallest absolute Gasteiger partial charge is 0.230 e. The molecule has 0 aliphatic heterocycles. The van der Waals surface area contributed by atoms with Crippen LogP contribution in [0.4, 0.5) is 0 Å². The molecule has 1 aromatic heterocycles. The second kappa shape index (κ2) is 6.06. The Hall–Kier alpha value is -1.87. The van der Waals surface area contributed by atoms with Gasteiger partial charge in [0.2, 0.25) is 5.91 Å². The summed E-state index contributed by atoms with van der Waals surface area (Å²) in [4.78, 5) is 16.3. The molecule has 0 saturated carbocycles. The van der Waals surface area contributed by atoms with Crippen LogP contribution in [0.25, 0.3) is 0 Å². The third kappa shape index (κ3) is 3.36. The summed E-state index contributed by atoms with van der Waals surface area (Å²) >= 11 is 5.88. The van der Waals surface area contributed by atoms with Crippen molar-refractivity contribution in [3.63, 3.8) is 0 Å². The monoisotopic (exact) mass is 288 g/mol. The highest BCUT2D eigenvalue weighted by Gasteiger charge is 2.29. The van der Waals surface area contributed by atoms with Gasteiger partial charge < -0.3 is 5.32 Å². The quantitative estimate of drug-likeness (QED) is 0.938. The first-order valence-electron chi connectivity index (χ1n) is 6.43. The minimum atomic E-state index is -0.600. The predicted octanol–water partition coefficient (Wildman–Crippen LogP) is 3.33. The van der Waals surface area contributed by atoms with Crippen molar-refractivity contribution in [1.82, 2.24) is 10.3 Å². The average Bonchev–Trinajstić information content (AvgIpc) is 2.46. The first-order valence-corrected chi connectivity index (χ1v) is 6.81. The zero-order valence-electron chi connectivity index (χ0n) is 11.6. The Labute approximate surface area is 124 Å². The lowest BCUT2D eigenvalue weighted by molar-refractivity contribution is -0.125. The minimum Gasteiger partial charge on any atom is -0.351 e. The van der Waals surface area contributed by atoms with Gasteiger partial charge in [0.15, 0.2) is 0 Å². The molecule has 0 spiro atoms. The standard InChI is InChI=1S/C16H17ClN2O/c1-16(2,13-3-5-14(17)6-4-13)15(20)19-11-12-7-9-18-10-8-12/h3-10H,11H2,1-2H3,(H,19,20). The molecule has 1 aromatic carbocycles. The van der Waals surface area contributed by atoms with Gasteiger partial charge in [0, 0.05) is 24.0 Å². The van der Waals surface area contributed by atoms with E-state index in [0.29, 0.717) is 11.6 Å². The maximum Gasteiger partial charge on any atom is 0.230 e. The predicted molar refractivity (Wildman–Crippen MR) is 80.6 cm³/mol. The van der Waals surface area contributed by atoms with E-state index in [4.69, 9.17) is 11.6 Å². The number of rotatable bonds is 4. The number of carbonyl (C=O) groups is 1.